The van der Waals surface area contributed by atoms with Crippen molar-refractivity contribution in [2.24, 2.45) is 0 Å². The molecule has 0 saturated heterocycles. The van der Waals surface area contributed by atoms with Crippen LogP contribution in [-0.4, -0.2) is 24.6 Å². The normalized spacial score (nSPS) is 11.7. The molecule has 0 fully saturated rings. The molecule has 0 spiro atoms. The number of nitrogens with zero attached hydrogens (tertiary/aromatic N) is 2. The van der Waals surface area contributed by atoms with Crippen LogP contribution in [-0.2, 0) is 9.84 Å². The number of halogens is 1. The predicted octanol–water partition coefficient (Wildman–Crippen LogP) is 3.35. The zero-order chi connectivity index (χ0) is 15.0. The van der Waals surface area contributed by atoms with Gasteiger partial charge < -0.3 is 0 Å². The quantitative estimate of drug-likeness (QED) is 0.680. The fourth-order valence-corrected chi connectivity index (χ4v) is 2.90. The van der Waals surface area contributed by atoms with E-state index in [1.54, 1.807) is 6.07 Å². The molecule has 0 aliphatic heterocycles. The number of fused-ring (bicyclic) bond motifs is 1. The molecule has 3 rings (SSSR count). The highest BCUT2D eigenvalue weighted by molar-refractivity contribution is 7.90. The maximum Gasteiger partial charge on any atom is 0.175 e. The van der Waals surface area contributed by atoms with Gasteiger partial charge >= 0.3 is 0 Å². The molecule has 0 aliphatic carbocycles. The highest BCUT2D eigenvalue weighted by Gasteiger charge is 2.12. The maximum absolute atomic E-state index is 11.6. The van der Waals surface area contributed by atoms with Crippen molar-refractivity contribution in [3.63, 3.8) is 0 Å². The third-order valence-corrected chi connectivity index (χ3v) is 4.48. The Bertz CT molecular complexity index is 925. The van der Waals surface area contributed by atoms with Gasteiger partial charge in [0.25, 0.3) is 0 Å². The Hall–Kier alpha value is -1.98. The summed E-state index contributed by atoms with van der Waals surface area (Å²) in [6.45, 7) is 0. The summed E-state index contributed by atoms with van der Waals surface area (Å²) in [4.78, 5) is 8.90. The molecule has 0 atom stereocenters. The van der Waals surface area contributed by atoms with Gasteiger partial charge in [0.05, 0.1) is 10.4 Å². The number of sulfone groups is 1. The summed E-state index contributed by atoms with van der Waals surface area (Å²) < 4.78 is 23.2. The van der Waals surface area contributed by atoms with Crippen molar-refractivity contribution >= 4 is 32.3 Å². The lowest BCUT2D eigenvalue weighted by Crippen LogP contribution is -1.98. The Kier molecular flexibility index (Phi) is 3.39. The van der Waals surface area contributed by atoms with Gasteiger partial charge in [0.1, 0.15) is 5.15 Å². The number of aromatic nitrogens is 2. The second kappa shape index (κ2) is 5.09. The molecule has 0 radical (unpaired) electrons. The van der Waals surface area contributed by atoms with E-state index in [4.69, 9.17) is 11.6 Å². The van der Waals surface area contributed by atoms with E-state index in [-0.39, 0.29) is 10.0 Å². The minimum atomic E-state index is -3.29. The van der Waals surface area contributed by atoms with E-state index in [1.165, 1.54) is 12.1 Å². The van der Waals surface area contributed by atoms with Crippen molar-refractivity contribution in [2.45, 2.75) is 4.90 Å². The molecule has 0 unspecified atom stereocenters. The van der Waals surface area contributed by atoms with Gasteiger partial charge in [-0.25, -0.2) is 18.4 Å². The fraction of sp³-hybridized carbons (Fsp3) is 0.0667. The standard InChI is InChI=1S/C15H11ClN2O2S/c1-21(19,20)11-7-8-13-12(9-11)14(16)18-15(17-13)10-5-3-2-4-6-10/h2-9H,1H3. The summed E-state index contributed by atoms with van der Waals surface area (Å²) in [5, 5.41) is 0.767. The van der Waals surface area contributed by atoms with Crippen molar-refractivity contribution in [2.75, 3.05) is 6.26 Å². The lowest BCUT2D eigenvalue weighted by atomic mass is 10.2. The molecule has 0 saturated carbocycles. The summed E-state index contributed by atoms with van der Waals surface area (Å²) >= 11 is 6.19. The van der Waals surface area contributed by atoms with Crippen LogP contribution in [0.2, 0.25) is 5.15 Å². The highest BCUT2D eigenvalue weighted by Crippen LogP contribution is 2.26. The van der Waals surface area contributed by atoms with Crippen LogP contribution in [0.3, 0.4) is 0 Å². The molecule has 1 aromatic heterocycles. The SMILES string of the molecule is CS(=O)(=O)c1ccc2nc(-c3ccccc3)nc(Cl)c2c1. The third kappa shape index (κ3) is 2.75. The van der Waals surface area contributed by atoms with Gasteiger partial charge in [-0.2, -0.15) is 0 Å². The molecule has 6 heteroatoms. The number of hydrogen-bond acceptors (Lipinski definition) is 4. The zero-order valence-electron chi connectivity index (χ0n) is 11.1. The number of benzene rings is 2. The smallest absolute Gasteiger partial charge is 0.175 e. The minimum Gasteiger partial charge on any atom is -0.228 e. The first kappa shape index (κ1) is 14.0. The van der Waals surface area contributed by atoms with Gasteiger partial charge in [0.15, 0.2) is 15.7 Å². The Balaban J connectivity index is 2.23. The van der Waals surface area contributed by atoms with Crippen LogP contribution in [0.5, 0.6) is 0 Å². The molecule has 3 aromatic rings. The molecule has 0 bridgehead atoms. The molecular weight excluding hydrogens is 308 g/mol. The largest absolute Gasteiger partial charge is 0.228 e. The number of rotatable bonds is 2. The van der Waals surface area contributed by atoms with E-state index >= 15 is 0 Å². The van der Waals surface area contributed by atoms with Gasteiger partial charge in [-0.05, 0) is 18.2 Å². The van der Waals surface area contributed by atoms with Gasteiger partial charge in [-0.15, -0.1) is 0 Å². The summed E-state index contributed by atoms with van der Waals surface area (Å²) in [5.74, 6) is 0.514. The molecule has 0 N–H and O–H groups in total. The minimum absolute atomic E-state index is 0.202. The van der Waals surface area contributed by atoms with Gasteiger partial charge in [-0.3, -0.25) is 0 Å². The molecule has 0 aliphatic rings. The topological polar surface area (TPSA) is 59.9 Å². The second-order valence-electron chi connectivity index (χ2n) is 4.66. The van der Waals surface area contributed by atoms with E-state index in [0.29, 0.717) is 16.7 Å². The Labute approximate surface area is 127 Å². The molecule has 1 heterocycles. The maximum atomic E-state index is 11.6. The van der Waals surface area contributed by atoms with Crippen molar-refractivity contribution < 1.29 is 8.42 Å². The predicted molar refractivity (Wildman–Crippen MR) is 83.1 cm³/mol. The average molecular weight is 319 g/mol. The first-order chi connectivity index (χ1) is 9.95. The summed E-state index contributed by atoms with van der Waals surface area (Å²) in [7, 11) is -3.29. The van der Waals surface area contributed by atoms with E-state index in [2.05, 4.69) is 9.97 Å². The van der Waals surface area contributed by atoms with E-state index < -0.39 is 9.84 Å². The molecule has 2 aromatic carbocycles. The van der Waals surface area contributed by atoms with Crippen LogP contribution in [0.4, 0.5) is 0 Å². The summed E-state index contributed by atoms with van der Waals surface area (Å²) in [5.41, 5.74) is 1.47. The van der Waals surface area contributed by atoms with Crippen molar-refractivity contribution in [3.8, 4) is 11.4 Å². The molecule has 4 nitrogen and oxygen atoms in total. The van der Waals surface area contributed by atoms with Gasteiger partial charge in [0.2, 0.25) is 0 Å². The summed E-state index contributed by atoms with van der Waals surface area (Å²) in [6.07, 6.45) is 1.15. The lowest BCUT2D eigenvalue weighted by molar-refractivity contribution is 0.602. The first-order valence-corrected chi connectivity index (χ1v) is 8.45. The van der Waals surface area contributed by atoms with Crippen LogP contribution in [0, 0.1) is 0 Å². The van der Waals surface area contributed by atoms with Crippen LogP contribution in [0.25, 0.3) is 22.3 Å². The molecule has 21 heavy (non-hydrogen) atoms. The molecular formula is C15H11ClN2O2S. The van der Waals surface area contributed by atoms with E-state index in [9.17, 15) is 8.42 Å². The van der Waals surface area contributed by atoms with Crippen molar-refractivity contribution in [3.05, 3.63) is 53.7 Å². The van der Waals surface area contributed by atoms with Gasteiger partial charge in [-0.1, -0.05) is 41.9 Å². The van der Waals surface area contributed by atoms with E-state index in [1.807, 2.05) is 30.3 Å². The van der Waals surface area contributed by atoms with Crippen LogP contribution < -0.4 is 0 Å². The van der Waals surface area contributed by atoms with Gasteiger partial charge in [0, 0.05) is 17.2 Å². The highest BCUT2D eigenvalue weighted by atomic mass is 35.5. The van der Waals surface area contributed by atoms with Crippen LogP contribution in [0.1, 0.15) is 0 Å². The van der Waals surface area contributed by atoms with Crippen LogP contribution in [0.15, 0.2) is 53.4 Å². The third-order valence-electron chi connectivity index (χ3n) is 3.08. The average Bonchev–Trinajstić information content (AvgIpc) is 2.47. The van der Waals surface area contributed by atoms with Crippen molar-refractivity contribution in [1.29, 1.82) is 0 Å². The second-order valence-corrected chi connectivity index (χ2v) is 7.03. The molecule has 106 valence electrons. The first-order valence-electron chi connectivity index (χ1n) is 6.18. The van der Waals surface area contributed by atoms with Crippen LogP contribution >= 0.6 is 11.6 Å². The summed E-state index contributed by atoms with van der Waals surface area (Å²) in [6, 6.07) is 14.1. The zero-order valence-corrected chi connectivity index (χ0v) is 12.7. The lowest BCUT2D eigenvalue weighted by Gasteiger charge is -2.06. The number of hydrogen-bond donors (Lipinski definition) is 0. The Morgan fingerprint density at radius 2 is 1.71 bits per heavy atom. The Morgan fingerprint density at radius 1 is 1.00 bits per heavy atom. The fourth-order valence-electron chi connectivity index (χ4n) is 2.02. The Morgan fingerprint density at radius 3 is 2.38 bits per heavy atom. The monoisotopic (exact) mass is 318 g/mol. The van der Waals surface area contributed by atoms with E-state index in [0.717, 1.165) is 11.8 Å². The van der Waals surface area contributed by atoms with Crippen molar-refractivity contribution in [1.82, 2.24) is 9.97 Å². The molecule has 0 amide bonds.